The lowest BCUT2D eigenvalue weighted by atomic mass is 9.87. The summed E-state index contributed by atoms with van der Waals surface area (Å²) in [6.45, 7) is 9.32. The number of aliphatic hydroxyl groups excluding tert-OH is 1. The largest absolute Gasteiger partial charge is 0.493 e. The minimum absolute atomic E-state index is 0. The predicted octanol–water partition coefficient (Wildman–Crippen LogP) is 4.24. The number of carbonyl (C=O) groups is 2. The van der Waals surface area contributed by atoms with Gasteiger partial charge in [0.25, 0.3) is 11.8 Å². The predicted molar refractivity (Wildman–Crippen MR) is 165 cm³/mol. The number of hydrogen-bond acceptors (Lipinski definition) is 7. The summed E-state index contributed by atoms with van der Waals surface area (Å²) in [6, 6.07) is 6.65. The van der Waals surface area contributed by atoms with E-state index >= 15 is 0 Å². The van der Waals surface area contributed by atoms with Crippen LogP contribution >= 0.6 is 12.4 Å². The highest BCUT2D eigenvalue weighted by Gasteiger charge is 2.33. The van der Waals surface area contributed by atoms with Crippen molar-refractivity contribution in [1.82, 2.24) is 10.6 Å². The van der Waals surface area contributed by atoms with Crippen LogP contribution in [0.1, 0.15) is 89.4 Å². The second-order valence-corrected chi connectivity index (χ2v) is 11.8. The normalized spacial score (nSPS) is 16.4. The van der Waals surface area contributed by atoms with Gasteiger partial charge in [0.15, 0.2) is 0 Å². The molecule has 0 bridgehead atoms. The minimum Gasteiger partial charge on any atom is -0.493 e. The van der Waals surface area contributed by atoms with Crippen LogP contribution in [0.15, 0.2) is 24.3 Å². The molecule has 2 rings (SSSR count). The number of halogens is 1. The molecule has 2 amide bonds. The van der Waals surface area contributed by atoms with Gasteiger partial charge in [0.1, 0.15) is 11.4 Å². The van der Waals surface area contributed by atoms with Crippen LogP contribution in [-0.4, -0.2) is 74.2 Å². The first-order chi connectivity index (χ1) is 19.0. The Bertz CT molecular complexity index is 894. The van der Waals surface area contributed by atoms with Crippen LogP contribution in [0.25, 0.3) is 0 Å². The number of amides is 2. The van der Waals surface area contributed by atoms with Crippen LogP contribution in [0, 0.1) is 11.8 Å². The second-order valence-electron chi connectivity index (χ2n) is 11.8. The number of nitrogens with two attached hydrogens (primary N) is 1. The van der Waals surface area contributed by atoms with Crippen molar-refractivity contribution < 1.29 is 28.9 Å². The monoisotopic (exact) mass is 599 g/mol. The maximum Gasteiger partial charge on any atom is 0.255 e. The molecule has 1 aliphatic carbocycles. The molecule has 5 N–H and O–H groups in total. The molecule has 1 fully saturated rings. The summed E-state index contributed by atoms with van der Waals surface area (Å²) >= 11 is 0. The van der Waals surface area contributed by atoms with Crippen molar-refractivity contribution in [3.8, 4) is 5.75 Å². The molecule has 0 unspecified atom stereocenters. The fraction of sp³-hybridized carbons (Fsp3) is 0.742. The van der Waals surface area contributed by atoms with E-state index in [4.69, 9.17) is 19.9 Å². The first-order valence-corrected chi connectivity index (χ1v) is 14.9. The van der Waals surface area contributed by atoms with Gasteiger partial charge in [-0.1, -0.05) is 45.2 Å². The summed E-state index contributed by atoms with van der Waals surface area (Å²) in [5, 5.41) is 16.6. The van der Waals surface area contributed by atoms with Crippen LogP contribution in [0.3, 0.4) is 0 Å². The summed E-state index contributed by atoms with van der Waals surface area (Å²) in [5.41, 5.74) is 5.87. The molecule has 1 aromatic carbocycles. The van der Waals surface area contributed by atoms with Crippen molar-refractivity contribution >= 4 is 24.2 Å². The number of rotatable bonds is 18. The van der Waals surface area contributed by atoms with E-state index < -0.39 is 17.7 Å². The first kappa shape index (κ1) is 37.1. The van der Waals surface area contributed by atoms with Crippen LogP contribution in [0.5, 0.6) is 5.75 Å². The quantitative estimate of drug-likeness (QED) is 0.186. The average molecular weight is 600 g/mol. The van der Waals surface area contributed by atoms with E-state index in [0.29, 0.717) is 37.5 Å². The van der Waals surface area contributed by atoms with Crippen LogP contribution in [0.2, 0.25) is 0 Å². The van der Waals surface area contributed by atoms with Gasteiger partial charge in [-0.25, -0.2) is 0 Å². The number of unbranched alkanes of at least 4 members (excludes halogenated alkanes) is 1. The minimum atomic E-state index is -0.972. The van der Waals surface area contributed by atoms with Gasteiger partial charge in [-0.05, 0) is 69.9 Å². The molecule has 0 spiro atoms. The number of aliphatic hydroxyl groups is 1. The fourth-order valence-corrected chi connectivity index (χ4v) is 4.94. The third kappa shape index (κ3) is 13.3. The first-order valence-electron chi connectivity index (χ1n) is 14.9. The Kier molecular flexibility index (Phi) is 17.5. The Morgan fingerprint density at radius 1 is 1.05 bits per heavy atom. The molecule has 0 heterocycles. The van der Waals surface area contributed by atoms with E-state index in [-0.39, 0.29) is 48.7 Å². The molecule has 1 aromatic rings. The summed E-state index contributed by atoms with van der Waals surface area (Å²) in [7, 11) is 1.67. The molecule has 3 atom stereocenters. The fourth-order valence-electron chi connectivity index (χ4n) is 4.94. The van der Waals surface area contributed by atoms with Gasteiger partial charge < -0.3 is 35.7 Å². The van der Waals surface area contributed by atoms with Crippen molar-refractivity contribution in [2.24, 2.45) is 17.6 Å². The Balaban J connectivity index is 0.00000840. The van der Waals surface area contributed by atoms with Gasteiger partial charge in [0.2, 0.25) is 0 Å². The van der Waals surface area contributed by atoms with Gasteiger partial charge in [0, 0.05) is 32.8 Å². The number of carbonyl (C=O) groups excluding carboxylic acids is 2. The van der Waals surface area contributed by atoms with Crippen molar-refractivity contribution in [3.63, 3.8) is 0 Å². The van der Waals surface area contributed by atoms with Gasteiger partial charge >= 0.3 is 0 Å². The molecule has 0 aromatic heterocycles. The van der Waals surface area contributed by atoms with Crippen molar-refractivity contribution in [2.45, 2.75) is 103 Å². The zero-order valence-corrected chi connectivity index (χ0v) is 26.5. The maximum absolute atomic E-state index is 13.0. The molecular weight excluding hydrogens is 546 g/mol. The molecule has 9 nitrogen and oxygen atoms in total. The van der Waals surface area contributed by atoms with E-state index in [1.807, 2.05) is 12.1 Å². The average Bonchev–Trinajstić information content (AvgIpc) is 2.93. The molecule has 0 saturated heterocycles. The maximum atomic E-state index is 13.0. The van der Waals surface area contributed by atoms with Crippen LogP contribution in [-0.2, 0) is 14.3 Å². The van der Waals surface area contributed by atoms with E-state index in [9.17, 15) is 14.7 Å². The third-order valence-corrected chi connectivity index (χ3v) is 7.70. The van der Waals surface area contributed by atoms with Crippen LogP contribution < -0.4 is 21.1 Å². The second kappa shape index (κ2) is 19.3. The molecule has 1 aliphatic rings. The highest BCUT2D eigenvalue weighted by molar-refractivity contribution is 5.96. The summed E-state index contributed by atoms with van der Waals surface area (Å²) in [6.07, 6.45) is 6.83. The Labute approximate surface area is 253 Å². The Hall–Kier alpha value is -1.91. The SMILES string of the molecule is COCCCCOc1ccccc1C(=O)NC[C@@H](C[C@H](N)[C@@H](O)CNC(=O)C(C)(C)OC1CCCCC1)C(C)C.Cl. The number of hydrogen-bond donors (Lipinski definition) is 4. The third-order valence-electron chi connectivity index (χ3n) is 7.70. The molecular formula is C31H54ClN3O6. The van der Waals surface area contributed by atoms with E-state index in [2.05, 4.69) is 24.5 Å². The van der Waals surface area contributed by atoms with Crippen molar-refractivity contribution in [1.29, 1.82) is 0 Å². The lowest BCUT2D eigenvalue weighted by molar-refractivity contribution is -0.152. The van der Waals surface area contributed by atoms with Crippen molar-refractivity contribution in [3.05, 3.63) is 29.8 Å². The van der Waals surface area contributed by atoms with E-state index in [0.717, 1.165) is 38.5 Å². The molecule has 41 heavy (non-hydrogen) atoms. The highest BCUT2D eigenvalue weighted by atomic mass is 35.5. The molecule has 236 valence electrons. The van der Waals surface area contributed by atoms with Gasteiger partial charge in [0.05, 0.1) is 24.4 Å². The van der Waals surface area contributed by atoms with Crippen molar-refractivity contribution in [2.75, 3.05) is 33.4 Å². The molecule has 1 saturated carbocycles. The summed E-state index contributed by atoms with van der Waals surface area (Å²) < 4.78 is 17.0. The molecule has 0 aliphatic heterocycles. The van der Waals surface area contributed by atoms with Crippen LogP contribution in [0.4, 0.5) is 0 Å². The number of para-hydroxylation sites is 1. The van der Waals surface area contributed by atoms with E-state index in [1.54, 1.807) is 33.1 Å². The molecule has 10 heteroatoms. The summed E-state index contributed by atoms with van der Waals surface area (Å²) in [5.74, 6) is 0.355. The number of methoxy groups -OCH3 is 1. The lowest BCUT2D eigenvalue weighted by Crippen LogP contribution is -2.51. The number of nitrogens with one attached hydrogen (secondary N) is 2. The lowest BCUT2D eigenvalue weighted by Gasteiger charge is -2.32. The Morgan fingerprint density at radius 2 is 1.71 bits per heavy atom. The van der Waals surface area contributed by atoms with Gasteiger partial charge in [-0.2, -0.15) is 0 Å². The zero-order valence-electron chi connectivity index (χ0n) is 25.7. The number of ether oxygens (including phenoxy) is 3. The van der Waals surface area contributed by atoms with Gasteiger partial charge in [-0.15, -0.1) is 12.4 Å². The zero-order chi connectivity index (χ0) is 29.5. The highest BCUT2D eigenvalue weighted by Crippen LogP contribution is 2.25. The Morgan fingerprint density at radius 3 is 2.37 bits per heavy atom. The van der Waals surface area contributed by atoms with E-state index in [1.165, 1.54) is 6.42 Å². The molecule has 0 radical (unpaired) electrons. The number of benzene rings is 1. The summed E-state index contributed by atoms with van der Waals surface area (Å²) in [4.78, 5) is 25.8. The van der Waals surface area contributed by atoms with Gasteiger partial charge in [-0.3, -0.25) is 9.59 Å². The smallest absolute Gasteiger partial charge is 0.255 e. The topological polar surface area (TPSA) is 132 Å². The standard InChI is InChI=1S/C31H53N3O6.ClH/c1-22(2)23(20-33-29(36)25-15-9-10-16-28(25)39-18-12-11-17-38-5)19-26(32)27(35)21-34-30(37)31(3,4)40-24-13-7-6-8-14-24;/h9-10,15-16,22-24,26-27,35H,6-8,11-14,17-21,32H2,1-5H3,(H,33,36)(H,34,37);1H/t23-,26+,27+;/m1./s1.